The smallest absolute Gasteiger partial charge is 0.0706 e. The van der Waals surface area contributed by atoms with Gasteiger partial charge in [-0.25, -0.2) is 0 Å². The molecule has 3 nitrogen and oxygen atoms in total. The van der Waals surface area contributed by atoms with Crippen molar-refractivity contribution < 1.29 is 0 Å². The van der Waals surface area contributed by atoms with E-state index in [0.29, 0.717) is 0 Å². The van der Waals surface area contributed by atoms with Crippen molar-refractivity contribution in [2.24, 2.45) is 11.8 Å². The molecular weight excluding hydrogens is 234 g/mol. The number of rotatable bonds is 6. The summed E-state index contributed by atoms with van der Waals surface area (Å²) in [5.41, 5.74) is 4.96. The number of nitrogens with two attached hydrogens (primary N) is 1. The minimum absolute atomic E-state index is 0.142. The van der Waals surface area contributed by atoms with Crippen LogP contribution in [-0.4, -0.2) is 4.98 Å². The number of hydrogen-bond donors (Lipinski definition) is 2. The van der Waals surface area contributed by atoms with Gasteiger partial charge < -0.3 is 0 Å². The Balaban J connectivity index is 2.11. The third kappa shape index (κ3) is 3.75. The molecule has 1 heterocycles. The molecule has 2 rings (SSSR count). The second-order valence-electron chi connectivity index (χ2n) is 5.47. The summed E-state index contributed by atoms with van der Waals surface area (Å²) >= 11 is 0. The lowest BCUT2D eigenvalue weighted by molar-refractivity contribution is 0.449. The highest BCUT2D eigenvalue weighted by Gasteiger charge is 2.11. The van der Waals surface area contributed by atoms with Crippen molar-refractivity contribution >= 4 is 10.9 Å². The highest BCUT2D eigenvalue weighted by molar-refractivity contribution is 5.78. The Kier molecular flexibility index (Phi) is 4.88. The van der Waals surface area contributed by atoms with Crippen LogP contribution in [0.3, 0.4) is 0 Å². The van der Waals surface area contributed by atoms with Gasteiger partial charge in [0.15, 0.2) is 0 Å². The average molecular weight is 257 g/mol. The molecule has 0 spiro atoms. The molecule has 1 aromatic heterocycles. The topological polar surface area (TPSA) is 50.9 Å². The van der Waals surface area contributed by atoms with Gasteiger partial charge in [0.25, 0.3) is 0 Å². The minimum atomic E-state index is 0.142. The Morgan fingerprint density at radius 1 is 1.11 bits per heavy atom. The first kappa shape index (κ1) is 14.0. The summed E-state index contributed by atoms with van der Waals surface area (Å²) < 4.78 is 0. The van der Waals surface area contributed by atoms with Crippen LogP contribution in [0.4, 0.5) is 0 Å². The van der Waals surface area contributed by atoms with E-state index >= 15 is 0 Å². The molecular formula is C16H23N3. The molecule has 102 valence electrons. The molecule has 2 aromatic rings. The van der Waals surface area contributed by atoms with Crippen LogP contribution in [0.25, 0.3) is 10.9 Å². The zero-order valence-corrected chi connectivity index (χ0v) is 11.8. The third-order valence-electron chi connectivity index (χ3n) is 3.45. The van der Waals surface area contributed by atoms with E-state index in [1.807, 2.05) is 18.2 Å². The number of para-hydroxylation sites is 1. The second kappa shape index (κ2) is 6.64. The standard InChI is InChI=1S/C16H23N3/c1-12(2)6-5-9-16(19-17)15-11-10-13-7-3-4-8-14(13)18-15/h3-4,7-8,10-12,16,19H,5-6,9,17H2,1-2H3. The van der Waals surface area contributed by atoms with Crippen LogP contribution in [0, 0.1) is 5.92 Å². The van der Waals surface area contributed by atoms with Gasteiger partial charge in [-0.15, -0.1) is 0 Å². The highest BCUT2D eigenvalue weighted by atomic mass is 15.2. The van der Waals surface area contributed by atoms with Crippen LogP contribution in [0.5, 0.6) is 0 Å². The number of benzene rings is 1. The SMILES string of the molecule is CC(C)CCCC(NN)c1ccc2ccccc2n1. The van der Waals surface area contributed by atoms with Crippen LogP contribution < -0.4 is 11.3 Å². The van der Waals surface area contributed by atoms with Crippen molar-refractivity contribution in [3.05, 3.63) is 42.1 Å². The minimum Gasteiger partial charge on any atom is -0.271 e. The number of aromatic nitrogens is 1. The fraction of sp³-hybridized carbons (Fsp3) is 0.438. The first-order valence-corrected chi connectivity index (χ1v) is 7.02. The Morgan fingerprint density at radius 3 is 2.63 bits per heavy atom. The van der Waals surface area contributed by atoms with Crippen molar-refractivity contribution in [1.29, 1.82) is 0 Å². The second-order valence-corrected chi connectivity index (χ2v) is 5.47. The number of nitrogens with zero attached hydrogens (tertiary/aromatic N) is 1. The van der Waals surface area contributed by atoms with Crippen LogP contribution in [0.2, 0.25) is 0 Å². The summed E-state index contributed by atoms with van der Waals surface area (Å²) in [6.07, 6.45) is 3.42. The molecule has 0 saturated carbocycles. The van der Waals surface area contributed by atoms with Gasteiger partial charge in [-0.05, 0) is 24.5 Å². The maximum Gasteiger partial charge on any atom is 0.0706 e. The van der Waals surface area contributed by atoms with Crippen LogP contribution in [0.1, 0.15) is 44.8 Å². The molecule has 1 aromatic carbocycles. The van der Waals surface area contributed by atoms with Gasteiger partial charge in [-0.2, -0.15) is 0 Å². The lowest BCUT2D eigenvalue weighted by Crippen LogP contribution is -2.28. The first-order chi connectivity index (χ1) is 9.20. The number of hydrogen-bond acceptors (Lipinski definition) is 3. The summed E-state index contributed by atoms with van der Waals surface area (Å²) in [6, 6.07) is 12.5. The Hall–Kier alpha value is -1.45. The molecule has 0 aliphatic carbocycles. The third-order valence-corrected chi connectivity index (χ3v) is 3.45. The summed E-state index contributed by atoms with van der Waals surface area (Å²) in [5, 5.41) is 1.17. The Labute approximate surface area is 115 Å². The van der Waals surface area contributed by atoms with Gasteiger partial charge in [-0.1, -0.05) is 51.0 Å². The Morgan fingerprint density at radius 2 is 1.89 bits per heavy atom. The average Bonchev–Trinajstić information content (AvgIpc) is 2.43. The van der Waals surface area contributed by atoms with Crippen LogP contribution in [-0.2, 0) is 0 Å². The molecule has 0 bridgehead atoms. The van der Waals surface area contributed by atoms with Crippen molar-refractivity contribution in [3.63, 3.8) is 0 Å². The van der Waals surface area contributed by atoms with Gasteiger partial charge in [0.1, 0.15) is 0 Å². The molecule has 0 saturated heterocycles. The van der Waals surface area contributed by atoms with Crippen LogP contribution >= 0.6 is 0 Å². The maximum absolute atomic E-state index is 5.68. The van der Waals surface area contributed by atoms with E-state index in [0.717, 1.165) is 23.5 Å². The first-order valence-electron chi connectivity index (χ1n) is 7.02. The molecule has 0 fully saturated rings. The van der Waals surface area contributed by atoms with Gasteiger partial charge in [0.05, 0.1) is 17.3 Å². The molecule has 0 aliphatic heterocycles. The van der Waals surface area contributed by atoms with E-state index in [4.69, 9.17) is 10.8 Å². The van der Waals surface area contributed by atoms with Gasteiger partial charge in [0, 0.05) is 5.39 Å². The number of hydrazine groups is 1. The highest BCUT2D eigenvalue weighted by Crippen LogP contribution is 2.21. The molecule has 3 N–H and O–H groups in total. The quantitative estimate of drug-likeness (QED) is 0.614. The van der Waals surface area contributed by atoms with Crippen molar-refractivity contribution in [3.8, 4) is 0 Å². The fourth-order valence-electron chi connectivity index (χ4n) is 2.32. The van der Waals surface area contributed by atoms with E-state index in [1.165, 1.54) is 18.2 Å². The van der Waals surface area contributed by atoms with E-state index in [2.05, 4.69) is 37.5 Å². The lowest BCUT2D eigenvalue weighted by Gasteiger charge is -2.16. The number of nitrogens with one attached hydrogen (secondary N) is 1. The largest absolute Gasteiger partial charge is 0.271 e. The molecule has 19 heavy (non-hydrogen) atoms. The number of fused-ring (bicyclic) bond motifs is 1. The summed E-state index contributed by atoms with van der Waals surface area (Å²) in [4.78, 5) is 4.70. The molecule has 1 atom stereocenters. The zero-order chi connectivity index (χ0) is 13.7. The summed E-state index contributed by atoms with van der Waals surface area (Å²) in [7, 11) is 0. The maximum atomic E-state index is 5.68. The van der Waals surface area contributed by atoms with Crippen molar-refractivity contribution in [1.82, 2.24) is 10.4 Å². The van der Waals surface area contributed by atoms with E-state index in [-0.39, 0.29) is 6.04 Å². The fourth-order valence-corrected chi connectivity index (χ4v) is 2.32. The van der Waals surface area contributed by atoms with Gasteiger partial charge in [-0.3, -0.25) is 16.3 Å². The summed E-state index contributed by atoms with van der Waals surface area (Å²) in [5.74, 6) is 6.41. The molecule has 0 radical (unpaired) electrons. The van der Waals surface area contributed by atoms with Gasteiger partial charge >= 0.3 is 0 Å². The predicted molar refractivity (Wildman–Crippen MR) is 80.5 cm³/mol. The molecule has 1 unspecified atom stereocenters. The van der Waals surface area contributed by atoms with E-state index in [1.54, 1.807) is 0 Å². The Bertz CT molecular complexity index is 522. The monoisotopic (exact) mass is 257 g/mol. The summed E-state index contributed by atoms with van der Waals surface area (Å²) in [6.45, 7) is 4.50. The van der Waals surface area contributed by atoms with E-state index < -0.39 is 0 Å². The molecule has 3 heteroatoms. The molecule has 0 aliphatic rings. The molecule has 0 amide bonds. The van der Waals surface area contributed by atoms with E-state index in [9.17, 15) is 0 Å². The van der Waals surface area contributed by atoms with Crippen LogP contribution in [0.15, 0.2) is 36.4 Å². The van der Waals surface area contributed by atoms with Gasteiger partial charge in [0.2, 0.25) is 0 Å². The number of pyridine rings is 1. The zero-order valence-electron chi connectivity index (χ0n) is 11.8. The van der Waals surface area contributed by atoms with Crippen molar-refractivity contribution in [2.75, 3.05) is 0 Å². The van der Waals surface area contributed by atoms with Crippen molar-refractivity contribution in [2.45, 2.75) is 39.2 Å². The lowest BCUT2D eigenvalue weighted by atomic mass is 10.0. The predicted octanol–water partition coefficient (Wildman–Crippen LogP) is 3.57. The normalized spacial score (nSPS) is 13.1.